The fourth-order valence-corrected chi connectivity index (χ4v) is 5.11. The van der Waals surface area contributed by atoms with Gasteiger partial charge in [0.05, 0.1) is 17.3 Å². The molecule has 1 N–H and O–H groups in total. The van der Waals surface area contributed by atoms with Gasteiger partial charge in [0, 0.05) is 37.9 Å². The van der Waals surface area contributed by atoms with E-state index in [1.165, 1.54) is 10.6 Å². The van der Waals surface area contributed by atoms with Gasteiger partial charge in [-0.15, -0.1) is 0 Å². The number of rotatable bonds is 11. The Labute approximate surface area is 226 Å². The normalized spacial score (nSPS) is 13.2. The Morgan fingerprint density at radius 3 is 2.55 bits per heavy atom. The molecule has 0 unspecified atom stereocenters. The molecule has 3 rings (SSSR count). The molecule has 0 amide bonds. The molecule has 0 aliphatic carbocycles. The quantitative estimate of drug-likeness (QED) is 0.160. The zero-order chi connectivity index (χ0) is 28.3. The summed E-state index contributed by atoms with van der Waals surface area (Å²) in [5.41, 5.74) is -3.50. The fourth-order valence-electron chi connectivity index (χ4n) is 3.91. The van der Waals surface area contributed by atoms with Gasteiger partial charge in [0.1, 0.15) is 18.1 Å². The average molecular weight is 620 g/mol. The van der Waals surface area contributed by atoms with E-state index in [9.17, 15) is 27.2 Å². The van der Waals surface area contributed by atoms with Crippen LogP contribution in [0.3, 0.4) is 0 Å². The van der Waals surface area contributed by atoms with E-state index in [1.54, 1.807) is 25.3 Å². The SMILES string of the molecule is C[C@@H](CCCn1ccc2cc(Br)cc(F)c2c1=O)Nc1cnn(COCC[Si](C)(C)C)c(=O)c1C(F)(F)F. The topological polar surface area (TPSA) is 78.2 Å². The van der Waals surface area contributed by atoms with Crippen molar-refractivity contribution in [3.8, 4) is 0 Å². The second-order valence-electron chi connectivity index (χ2n) is 10.4. The van der Waals surface area contributed by atoms with Gasteiger partial charge in [-0.2, -0.15) is 18.3 Å². The van der Waals surface area contributed by atoms with Gasteiger partial charge >= 0.3 is 6.18 Å². The van der Waals surface area contributed by atoms with Crippen LogP contribution in [0.1, 0.15) is 25.3 Å². The molecule has 7 nitrogen and oxygen atoms in total. The van der Waals surface area contributed by atoms with Gasteiger partial charge in [0.25, 0.3) is 11.1 Å². The van der Waals surface area contributed by atoms with Gasteiger partial charge in [-0.05, 0) is 49.4 Å². The van der Waals surface area contributed by atoms with E-state index < -0.39 is 48.5 Å². The van der Waals surface area contributed by atoms with E-state index in [2.05, 4.69) is 46.0 Å². The zero-order valence-corrected chi connectivity index (χ0v) is 24.2. The Morgan fingerprint density at radius 1 is 1.18 bits per heavy atom. The van der Waals surface area contributed by atoms with Gasteiger partial charge in [-0.1, -0.05) is 35.6 Å². The predicted molar refractivity (Wildman–Crippen MR) is 146 cm³/mol. The molecule has 0 spiro atoms. The molecule has 2 heterocycles. The van der Waals surface area contributed by atoms with Gasteiger partial charge in [-0.25, -0.2) is 9.07 Å². The molecule has 0 fully saturated rings. The first-order valence-corrected chi connectivity index (χ1v) is 16.7. The highest BCUT2D eigenvalue weighted by molar-refractivity contribution is 9.10. The molecule has 1 atom stereocenters. The summed E-state index contributed by atoms with van der Waals surface area (Å²) >= 11 is 3.20. The van der Waals surface area contributed by atoms with Crippen molar-refractivity contribution in [1.82, 2.24) is 14.3 Å². The molecule has 0 aliphatic rings. The third kappa shape index (κ3) is 7.76. The number of fused-ring (bicyclic) bond motifs is 1. The van der Waals surface area contributed by atoms with Crippen molar-refractivity contribution in [2.24, 2.45) is 0 Å². The Hall–Kier alpha value is -2.51. The van der Waals surface area contributed by atoms with Crippen LogP contribution in [-0.2, 0) is 24.2 Å². The maximum atomic E-state index is 14.3. The highest BCUT2D eigenvalue weighted by Crippen LogP contribution is 2.32. The summed E-state index contributed by atoms with van der Waals surface area (Å²) in [7, 11) is -1.39. The number of aryl methyl sites for hydroxylation is 1. The Bertz CT molecular complexity index is 1400. The molecule has 0 bridgehead atoms. The van der Waals surface area contributed by atoms with Gasteiger partial charge in [-0.3, -0.25) is 9.59 Å². The number of alkyl halides is 3. The first-order chi connectivity index (χ1) is 17.7. The van der Waals surface area contributed by atoms with Crippen molar-refractivity contribution in [2.45, 2.75) is 70.9 Å². The number of anilines is 1. The highest BCUT2D eigenvalue weighted by atomic mass is 79.9. The summed E-state index contributed by atoms with van der Waals surface area (Å²) < 4.78 is 63.7. The van der Waals surface area contributed by atoms with Gasteiger partial charge in [0.2, 0.25) is 0 Å². The second-order valence-corrected chi connectivity index (χ2v) is 17.0. The lowest BCUT2D eigenvalue weighted by atomic mass is 10.1. The number of nitrogens with zero attached hydrogens (tertiary/aromatic N) is 3. The van der Waals surface area contributed by atoms with Crippen LogP contribution >= 0.6 is 15.9 Å². The van der Waals surface area contributed by atoms with E-state index in [-0.39, 0.29) is 18.7 Å². The maximum absolute atomic E-state index is 14.3. The largest absolute Gasteiger partial charge is 0.423 e. The summed E-state index contributed by atoms with van der Waals surface area (Å²) in [4.78, 5) is 25.3. The highest BCUT2D eigenvalue weighted by Gasteiger charge is 2.38. The van der Waals surface area contributed by atoms with Gasteiger partial charge < -0.3 is 14.6 Å². The lowest BCUT2D eigenvalue weighted by molar-refractivity contribution is -0.138. The van der Waals surface area contributed by atoms with Crippen LogP contribution in [0.2, 0.25) is 25.7 Å². The van der Waals surface area contributed by atoms with Crippen molar-refractivity contribution in [2.75, 3.05) is 11.9 Å². The smallest absolute Gasteiger partial charge is 0.381 e. The van der Waals surface area contributed by atoms with Crippen LogP contribution < -0.4 is 16.4 Å². The van der Waals surface area contributed by atoms with Crippen molar-refractivity contribution in [3.05, 3.63) is 67.2 Å². The number of nitrogens with one attached hydrogen (secondary N) is 1. The molecule has 3 aromatic rings. The molecule has 0 saturated heterocycles. The van der Waals surface area contributed by atoms with E-state index in [1.807, 2.05) is 0 Å². The van der Waals surface area contributed by atoms with Crippen molar-refractivity contribution < 1.29 is 22.3 Å². The molecule has 2 aromatic heterocycles. The van der Waals surface area contributed by atoms with E-state index in [0.717, 1.165) is 12.2 Å². The molecular formula is C25H31BrF4N4O3Si. The number of pyridine rings is 1. The third-order valence-electron chi connectivity index (χ3n) is 5.97. The number of ether oxygens (including phenoxy) is 1. The minimum atomic E-state index is -4.89. The molecule has 1 aromatic carbocycles. The summed E-state index contributed by atoms with van der Waals surface area (Å²) in [5.74, 6) is -0.632. The van der Waals surface area contributed by atoms with Crippen LogP contribution in [0.4, 0.5) is 23.2 Å². The number of halogens is 5. The van der Waals surface area contributed by atoms with Crippen LogP contribution in [0.15, 0.2) is 44.7 Å². The first-order valence-electron chi connectivity index (χ1n) is 12.2. The molecular weight excluding hydrogens is 588 g/mol. The van der Waals surface area contributed by atoms with Crippen LogP contribution in [0.5, 0.6) is 0 Å². The minimum absolute atomic E-state index is 0.0206. The van der Waals surface area contributed by atoms with Crippen molar-refractivity contribution in [3.63, 3.8) is 0 Å². The molecule has 38 heavy (non-hydrogen) atoms. The number of hydrogen-bond acceptors (Lipinski definition) is 5. The summed E-state index contributed by atoms with van der Waals surface area (Å²) in [6, 6.07) is 4.85. The van der Waals surface area contributed by atoms with Crippen LogP contribution in [-0.4, -0.2) is 35.1 Å². The summed E-state index contributed by atoms with van der Waals surface area (Å²) in [6.07, 6.45) is -1.54. The Morgan fingerprint density at radius 2 is 1.89 bits per heavy atom. The average Bonchev–Trinajstić information content (AvgIpc) is 2.77. The maximum Gasteiger partial charge on any atom is 0.423 e. The predicted octanol–water partition coefficient (Wildman–Crippen LogP) is 6.07. The van der Waals surface area contributed by atoms with E-state index in [4.69, 9.17) is 4.74 Å². The second kappa shape index (κ2) is 12.1. The standard InChI is InChI=1S/C25H31BrF4N4O3Si/c1-16(6-5-8-33-9-7-17-12-18(26)13-19(27)21(17)23(33)35)32-20-14-31-34(15-37-10-11-38(2,3)4)24(36)22(20)25(28,29)30/h7,9,12-14,16,32H,5-6,8,10-11,15H2,1-4H3/t16-/m0/s1. The van der Waals surface area contributed by atoms with Crippen LogP contribution in [0.25, 0.3) is 10.8 Å². The minimum Gasteiger partial charge on any atom is -0.381 e. The number of benzene rings is 1. The van der Waals surface area contributed by atoms with E-state index in [0.29, 0.717) is 34.0 Å². The molecule has 13 heteroatoms. The Kier molecular flexibility index (Phi) is 9.58. The monoisotopic (exact) mass is 618 g/mol. The molecule has 0 aliphatic heterocycles. The first kappa shape index (κ1) is 30.0. The van der Waals surface area contributed by atoms with Gasteiger partial charge in [0.15, 0.2) is 0 Å². The molecule has 0 radical (unpaired) electrons. The third-order valence-corrected chi connectivity index (χ3v) is 8.13. The molecule has 0 saturated carbocycles. The molecule has 208 valence electrons. The van der Waals surface area contributed by atoms with Crippen molar-refractivity contribution >= 4 is 40.5 Å². The van der Waals surface area contributed by atoms with E-state index >= 15 is 0 Å². The summed E-state index contributed by atoms with van der Waals surface area (Å²) in [5, 5.41) is 7.05. The Balaban J connectivity index is 1.67. The lowest BCUT2D eigenvalue weighted by Gasteiger charge is -2.20. The van der Waals surface area contributed by atoms with Crippen LogP contribution in [0, 0.1) is 5.82 Å². The number of aromatic nitrogens is 3. The number of hydrogen-bond donors (Lipinski definition) is 1. The zero-order valence-electron chi connectivity index (χ0n) is 21.7. The fraction of sp³-hybridized carbons (Fsp3) is 0.480. The lowest BCUT2D eigenvalue weighted by Crippen LogP contribution is -2.34. The van der Waals surface area contributed by atoms with Crippen molar-refractivity contribution in [1.29, 1.82) is 0 Å². The summed E-state index contributed by atoms with van der Waals surface area (Å²) in [6.45, 7) is 8.32.